The number of hydrogen-bond acceptors (Lipinski definition) is 3. The van der Waals surface area contributed by atoms with E-state index in [0.29, 0.717) is 39.8 Å². The van der Waals surface area contributed by atoms with Crippen LogP contribution < -0.4 is 9.30 Å². The van der Waals surface area contributed by atoms with E-state index >= 15 is 0 Å². The van der Waals surface area contributed by atoms with Gasteiger partial charge >= 0.3 is 0 Å². The van der Waals surface area contributed by atoms with Crippen LogP contribution in [0.4, 0.5) is 0 Å². The highest BCUT2D eigenvalue weighted by Crippen LogP contribution is 2.40. The fourth-order valence-corrected chi connectivity index (χ4v) is 8.70. The number of rotatable bonds is 8. The molecule has 66 heavy (non-hydrogen) atoms. The number of pyridine rings is 2. The van der Waals surface area contributed by atoms with Crippen LogP contribution in [0.25, 0.3) is 72.3 Å². The molecule has 6 aromatic carbocycles. The largest absolute Gasteiger partial charge is 0.456 e. The molecule has 10 aromatic rings. The fourth-order valence-electron chi connectivity index (χ4n) is 8.70. The van der Waals surface area contributed by atoms with Crippen molar-refractivity contribution < 1.29 is 18.9 Å². The molecule has 0 saturated carbocycles. The Balaban J connectivity index is 1.14. The number of ether oxygens (including phenoxy) is 1. The van der Waals surface area contributed by atoms with Crippen molar-refractivity contribution in [2.24, 2.45) is 5.41 Å². The van der Waals surface area contributed by atoms with E-state index in [9.17, 15) is 2.74 Å². The smallest absolute Gasteiger partial charge is 0.269 e. The van der Waals surface area contributed by atoms with Gasteiger partial charge in [-0.15, -0.1) is 0 Å². The van der Waals surface area contributed by atoms with E-state index in [1.807, 2.05) is 125 Å². The molecule has 10 rings (SSSR count). The van der Waals surface area contributed by atoms with E-state index in [4.69, 9.17) is 16.6 Å². The quantitative estimate of drug-likeness (QED) is 0.113. The fraction of sp³-hybridized carbons (Fsp3) is 0.217. The van der Waals surface area contributed by atoms with Gasteiger partial charge in [-0.1, -0.05) is 171 Å². The van der Waals surface area contributed by atoms with Crippen LogP contribution in [0.2, 0.25) is 0 Å². The van der Waals surface area contributed by atoms with Gasteiger partial charge in [0.2, 0.25) is 0 Å². The molecule has 0 radical (unpaired) electrons. The first-order valence-corrected chi connectivity index (χ1v) is 22.4. The van der Waals surface area contributed by atoms with Gasteiger partial charge in [0, 0.05) is 32.0 Å². The Hall–Kier alpha value is -7.31. The second kappa shape index (κ2) is 16.3. The van der Waals surface area contributed by atoms with E-state index in [-0.39, 0.29) is 28.5 Å². The predicted octanol–water partition coefficient (Wildman–Crippen LogP) is 14.9. The van der Waals surface area contributed by atoms with E-state index in [1.54, 1.807) is 24.7 Å². The molecule has 4 aromatic heterocycles. The maximum atomic E-state index is 9.20. The Kier molecular flexibility index (Phi) is 8.64. The van der Waals surface area contributed by atoms with Crippen molar-refractivity contribution in [1.29, 1.82) is 0 Å². The number of imidazole rings is 1. The molecule has 0 spiro atoms. The highest BCUT2D eigenvalue weighted by molar-refractivity contribution is 6.09. The minimum Gasteiger partial charge on any atom is -0.456 e. The number of aromatic nitrogens is 5. The van der Waals surface area contributed by atoms with Crippen molar-refractivity contribution in [3.8, 4) is 50.9 Å². The normalized spacial score (nSPS) is 14.1. The van der Waals surface area contributed by atoms with Gasteiger partial charge in [-0.2, -0.15) is 0 Å². The van der Waals surface area contributed by atoms with Gasteiger partial charge in [0.15, 0.2) is 0 Å². The number of fused-ring (bicyclic) bond motifs is 4. The number of nitrogens with zero attached hydrogens (tertiary/aromatic N) is 5. The molecule has 0 N–H and O–H groups in total. The minimum absolute atomic E-state index is 0.0888. The Morgan fingerprint density at radius 1 is 0.636 bits per heavy atom. The molecule has 6 nitrogen and oxygen atoms in total. The zero-order chi connectivity index (χ0) is 52.1. The van der Waals surface area contributed by atoms with Crippen LogP contribution in [0.5, 0.6) is 11.5 Å². The topological polar surface area (TPSA) is 48.8 Å². The molecule has 0 fully saturated rings. The van der Waals surface area contributed by atoms with Crippen molar-refractivity contribution in [3.05, 3.63) is 193 Å². The lowest BCUT2D eigenvalue weighted by Crippen LogP contribution is -2.31. The summed E-state index contributed by atoms with van der Waals surface area (Å²) < 4.78 is 74.9. The third-order valence-electron chi connectivity index (χ3n) is 11.9. The van der Waals surface area contributed by atoms with Gasteiger partial charge in [0.1, 0.15) is 17.3 Å². The van der Waals surface area contributed by atoms with Gasteiger partial charge in [-0.25, -0.2) is 4.98 Å². The molecular weight excluding hydrogens is 807 g/mol. The molecule has 4 heterocycles. The lowest BCUT2D eigenvalue weighted by Gasteiger charge is -2.27. The van der Waals surface area contributed by atoms with Crippen LogP contribution in [0.15, 0.2) is 170 Å². The Morgan fingerprint density at radius 3 is 2.05 bits per heavy atom. The molecule has 328 valence electrons. The van der Waals surface area contributed by atoms with Gasteiger partial charge in [0.05, 0.1) is 46.5 Å². The molecule has 0 aliphatic carbocycles. The van der Waals surface area contributed by atoms with Crippen LogP contribution in [0, 0.1) is 11.7 Å². The number of para-hydroxylation sites is 4. The summed E-state index contributed by atoms with van der Waals surface area (Å²) in [5.41, 5.74) is 8.56. The van der Waals surface area contributed by atoms with Crippen LogP contribution in [-0.2, 0) is 17.2 Å². The monoisotopic (exact) mass is 871 g/mol. The lowest BCUT2D eigenvalue weighted by atomic mass is 9.78. The van der Waals surface area contributed by atoms with Gasteiger partial charge in [-0.05, 0) is 98.0 Å². The average Bonchev–Trinajstić information content (AvgIpc) is 3.90. The summed E-state index contributed by atoms with van der Waals surface area (Å²) in [6.45, 7) is 18.8. The molecule has 0 aliphatic heterocycles. The summed E-state index contributed by atoms with van der Waals surface area (Å²) in [4.78, 5) is 9.44. The van der Waals surface area contributed by atoms with Gasteiger partial charge < -0.3 is 4.74 Å². The molecule has 0 bridgehead atoms. The number of benzene rings is 6. The summed E-state index contributed by atoms with van der Waals surface area (Å²) in [6, 6.07) is 37.9. The van der Waals surface area contributed by atoms with Crippen LogP contribution >= 0.6 is 0 Å². The first-order chi connectivity index (χ1) is 34.4. The van der Waals surface area contributed by atoms with E-state index in [2.05, 4.69) is 77.1 Å². The summed E-state index contributed by atoms with van der Waals surface area (Å²) in [6.07, 6.45) is 7.08. The summed E-state index contributed by atoms with van der Waals surface area (Å²) in [5.74, 6) is 1.61. The first-order valence-electron chi connectivity index (χ1n) is 25.9. The van der Waals surface area contributed by atoms with Crippen molar-refractivity contribution in [2.45, 2.75) is 79.5 Å². The molecule has 0 unspecified atom stereocenters. The highest BCUT2D eigenvalue weighted by atomic mass is 16.5. The Morgan fingerprint density at radius 2 is 1.32 bits per heavy atom. The average molecular weight is 871 g/mol. The maximum Gasteiger partial charge on any atom is 0.269 e. The van der Waals surface area contributed by atoms with E-state index in [0.717, 1.165) is 55.1 Å². The van der Waals surface area contributed by atoms with Crippen molar-refractivity contribution in [2.75, 3.05) is 0 Å². The number of hydrogen-bond donors (Lipinski definition) is 0. The maximum absolute atomic E-state index is 9.20. The molecule has 0 amide bonds. The van der Waals surface area contributed by atoms with Crippen molar-refractivity contribution in [1.82, 2.24) is 19.1 Å². The SMILES string of the molecule is [2H]c1c([2H])c([2H])c(-c2cccc(-c3cc(C(C)(C)C)cc(C(C)(C)C)c3)c2-[n+]2[c-]n(-c3cncc(Oc4ccc5c6ccccc6n(-c6cc(C([2H])([2H])C(C)(C)C)ccn6)c5c4)c3)c3ccccc32)c([2H])c1[2H]. The second-order valence-corrected chi connectivity index (χ2v) is 20.1. The Labute approximate surface area is 398 Å². The zero-order valence-electron chi connectivity index (χ0n) is 45.9. The highest BCUT2D eigenvalue weighted by Gasteiger charge is 2.25. The summed E-state index contributed by atoms with van der Waals surface area (Å²) >= 11 is 0. The molecule has 0 atom stereocenters. The van der Waals surface area contributed by atoms with Crippen molar-refractivity contribution in [3.63, 3.8) is 0 Å². The van der Waals surface area contributed by atoms with E-state index < -0.39 is 29.9 Å². The van der Waals surface area contributed by atoms with Crippen LogP contribution in [0.1, 0.15) is 88.6 Å². The Bertz CT molecular complexity index is 3770. The molecule has 0 aliphatic rings. The zero-order valence-corrected chi connectivity index (χ0v) is 38.9. The minimum atomic E-state index is -1.62. The van der Waals surface area contributed by atoms with Crippen LogP contribution in [-0.4, -0.2) is 19.1 Å². The predicted molar refractivity (Wildman–Crippen MR) is 272 cm³/mol. The van der Waals surface area contributed by atoms with Crippen molar-refractivity contribution >= 4 is 32.8 Å². The van der Waals surface area contributed by atoms with Gasteiger partial charge in [-0.3, -0.25) is 18.7 Å². The standard InChI is InChI=1S/C60H57N5O/c1-58(2,3)36-40-28-29-62-56(30-40)65-52-23-14-13-20-50(52)51-27-26-46(35-55(51)65)66-47-34-45(37-61-38-47)63-39-64(54-25-16-15-24-53(54)63)57-48(41-18-11-10-12-19-41)21-17-22-49(57)42-31-43(59(4,5)6)33-44(32-42)60(7,8)9/h10-35,37-38H,36H2,1-9H3/i10D,11D,12D,18D,19D,36D2. The molecular formula is C60H57N5O. The summed E-state index contributed by atoms with van der Waals surface area (Å²) in [5, 5.41) is 2.01. The first kappa shape index (κ1) is 35.0. The van der Waals surface area contributed by atoms with Crippen LogP contribution in [0.3, 0.4) is 0 Å². The molecule has 6 heteroatoms. The third-order valence-corrected chi connectivity index (χ3v) is 11.9. The van der Waals surface area contributed by atoms with Gasteiger partial charge in [0.25, 0.3) is 6.33 Å². The lowest BCUT2D eigenvalue weighted by molar-refractivity contribution is -0.571. The summed E-state index contributed by atoms with van der Waals surface area (Å²) in [7, 11) is 0. The third kappa shape index (κ3) is 8.17. The van der Waals surface area contributed by atoms with E-state index in [1.165, 1.54) is 0 Å². The second-order valence-electron chi connectivity index (χ2n) is 20.1. The molecule has 0 saturated heterocycles.